The summed E-state index contributed by atoms with van der Waals surface area (Å²) in [7, 11) is 6.61. The fourth-order valence-electron chi connectivity index (χ4n) is 18.3. The van der Waals surface area contributed by atoms with E-state index in [1.165, 1.54) is 205 Å². The molecule has 138 heavy (non-hydrogen) atoms. The Morgan fingerprint density at radius 1 is 0.210 bits per heavy atom. The van der Waals surface area contributed by atoms with E-state index in [4.69, 9.17) is 125 Å². The molecule has 11 rings (SSSR count). The number of benzene rings is 4. The van der Waals surface area contributed by atoms with E-state index in [0.717, 1.165) is 87.8 Å². The van der Waals surface area contributed by atoms with Crippen LogP contribution in [0.4, 0.5) is 0 Å². The first-order valence-corrected chi connectivity index (χ1v) is 53.6. The van der Waals surface area contributed by atoms with E-state index in [2.05, 4.69) is 61.9 Å². The van der Waals surface area contributed by atoms with Crippen molar-refractivity contribution in [1.29, 1.82) is 0 Å². The number of methoxy groups -OCH3 is 4. The van der Waals surface area contributed by atoms with Crippen LogP contribution in [0.5, 0.6) is 46.0 Å². The van der Waals surface area contributed by atoms with Gasteiger partial charge in [0, 0.05) is 97.9 Å². The van der Waals surface area contributed by atoms with Crippen LogP contribution in [-0.4, -0.2) is 238 Å². The SMILES string of the molecule is CCCCCCCCCCCCC1(CCCCCCCCCCCC)Oc2cc3c(cc2O1)-c1nc-3nc2[nH]c(nc3nc(nc4[nH]c(n1)c1cc5c(cc41)OC(CCCCCCCCCCCC)(CCCCCCCCCCCC)O5)-c1cc(OCCOCCOCCOC)c(OCCOCCOCCOC)cc1-3)c1cc(OCCOCCOCCOC)c(OCCOCCOCCOC)cc21. The molecule has 0 fully saturated rings. The van der Waals surface area contributed by atoms with Crippen LogP contribution in [0, 0.1) is 0 Å². The summed E-state index contributed by atoms with van der Waals surface area (Å²) in [6.45, 7) is 17.6. The quantitative estimate of drug-likeness (QED) is 0.0335. The second-order valence-corrected chi connectivity index (χ2v) is 37.2. The standard InChI is InChI=1S/C110H170N8O20/c1-9-13-17-21-25-29-33-37-41-45-49-109(50-46-42-38-34-30-26-22-18-14-10-2)135-97-81-89-91(83-99(97)137-109)107-116-105(89)114-103-87-79-95(133-75-71-129-67-63-125-59-55-121-7)93(131-73-69-127-65-61-123-57-53-119-5)77-85(87)101(112-103)111-102-86-78-94(132-74-70-128-66-62-124-58-54-120-6)96(134-76-72-130-68-64-126-60-56-122-8)80-88(86)104(113-102)115-106-90-82-98-100(84-92(90)108(117-106)118-107)138-110(136-98,51-47-43-39-35-31-27-23-19-15-11-3)52-48-44-40-36-32-28-24-20-16-12-4/h77-84H,9-76H2,1-8H3,(H2,111,112,113,114,115,116,117,118). The number of nitrogens with one attached hydrogen (secondary N) is 2. The van der Waals surface area contributed by atoms with E-state index < -0.39 is 11.6 Å². The number of fused-ring (bicyclic) bond motifs is 22. The Balaban J connectivity index is 1.07. The molecule has 0 spiro atoms. The van der Waals surface area contributed by atoms with Crippen molar-refractivity contribution in [3.8, 4) is 91.5 Å². The van der Waals surface area contributed by atoms with E-state index in [9.17, 15) is 0 Å². The molecule has 4 aliphatic rings. The molecule has 0 amide bonds. The van der Waals surface area contributed by atoms with Crippen LogP contribution in [0.15, 0.2) is 48.5 Å². The number of H-pyrrole nitrogens is 2. The van der Waals surface area contributed by atoms with Crippen LogP contribution in [0.2, 0.25) is 0 Å². The minimum Gasteiger partial charge on any atom is -0.487 e. The smallest absolute Gasteiger partial charge is 0.251 e. The number of unbranched alkanes of at least 4 members (excludes halogenated alkanes) is 36. The third-order valence-corrected chi connectivity index (χ3v) is 26.1. The largest absolute Gasteiger partial charge is 0.487 e. The maximum absolute atomic E-state index is 7.42. The number of hydrogen-bond acceptors (Lipinski definition) is 26. The van der Waals surface area contributed by atoms with Crippen LogP contribution in [0.1, 0.15) is 310 Å². The molecule has 0 aliphatic carbocycles. The van der Waals surface area contributed by atoms with Crippen molar-refractivity contribution in [3.63, 3.8) is 0 Å². The number of ether oxygens (including phenoxy) is 20. The molecule has 8 bridgehead atoms. The summed E-state index contributed by atoms with van der Waals surface area (Å²) in [5, 5.41) is 2.75. The minimum absolute atomic E-state index is 0.166. The highest BCUT2D eigenvalue weighted by molar-refractivity contribution is 6.08. The van der Waals surface area contributed by atoms with Crippen molar-refractivity contribution in [2.75, 3.05) is 187 Å². The second-order valence-electron chi connectivity index (χ2n) is 37.2. The molecule has 0 atom stereocenters. The Morgan fingerprint density at radius 3 is 0.630 bits per heavy atom. The van der Waals surface area contributed by atoms with Gasteiger partial charge in [0.2, 0.25) is 0 Å². The number of aromatic nitrogens is 8. The maximum atomic E-state index is 7.42. The first-order chi connectivity index (χ1) is 68.1. The molecular formula is C110H170N8O20. The predicted molar refractivity (Wildman–Crippen MR) is 546 cm³/mol. The average molecular weight is 1920 g/mol. The van der Waals surface area contributed by atoms with E-state index in [-0.39, 0.29) is 52.9 Å². The van der Waals surface area contributed by atoms with Gasteiger partial charge in [0.1, 0.15) is 49.0 Å². The lowest BCUT2D eigenvalue weighted by molar-refractivity contribution is -0.0953. The topological polar surface area (TPSA) is 294 Å². The van der Waals surface area contributed by atoms with Crippen molar-refractivity contribution in [2.24, 2.45) is 0 Å². The van der Waals surface area contributed by atoms with Crippen LogP contribution in [-0.2, 0) is 56.8 Å². The Bertz CT molecular complexity index is 4670. The fourth-order valence-corrected chi connectivity index (χ4v) is 18.3. The average Bonchev–Trinajstić information content (AvgIpc) is 1.58. The Labute approximate surface area is 823 Å². The summed E-state index contributed by atoms with van der Waals surface area (Å²) < 4.78 is 125. The molecule has 28 heteroatoms. The van der Waals surface area contributed by atoms with Gasteiger partial charge in [0.25, 0.3) is 11.6 Å². The molecule has 3 aromatic heterocycles. The number of nitrogens with zero attached hydrogens (tertiary/aromatic N) is 6. The molecule has 4 aliphatic heterocycles. The van der Waals surface area contributed by atoms with Gasteiger partial charge in [-0.15, -0.1) is 0 Å². The third-order valence-electron chi connectivity index (χ3n) is 26.1. The van der Waals surface area contributed by atoms with Gasteiger partial charge in [-0.2, -0.15) is 0 Å². The van der Waals surface area contributed by atoms with Gasteiger partial charge < -0.3 is 105 Å². The third kappa shape index (κ3) is 37.2. The van der Waals surface area contributed by atoms with Crippen molar-refractivity contribution in [2.45, 2.75) is 322 Å². The molecule has 2 N–H and O–H groups in total. The highest BCUT2D eigenvalue weighted by Crippen LogP contribution is 2.52. The normalized spacial score (nSPS) is 13.3. The van der Waals surface area contributed by atoms with Gasteiger partial charge in [-0.05, 0) is 74.2 Å². The van der Waals surface area contributed by atoms with Crippen LogP contribution in [0.25, 0.3) is 89.7 Å². The summed E-state index contributed by atoms with van der Waals surface area (Å²) in [6.07, 6.45) is 52.1. The Hall–Kier alpha value is -7.84. The first kappa shape index (κ1) is 111. The lowest BCUT2D eigenvalue weighted by Gasteiger charge is -2.28. The molecule has 28 nitrogen and oxygen atoms in total. The summed E-state index contributed by atoms with van der Waals surface area (Å²) in [4.78, 5) is 41.3. The minimum atomic E-state index is -0.878. The zero-order valence-electron chi connectivity index (χ0n) is 85.6. The zero-order valence-corrected chi connectivity index (χ0v) is 85.6. The lowest BCUT2D eigenvalue weighted by atomic mass is 9.98. The number of rotatable bonds is 84. The van der Waals surface area contributed by atoms with Gasteiger partial charge >= 0.3 is 0 Å². The number of hydrogen-bond donors (Lipinski definition) is 2. The van der Waals surface area contributed by atoms with Crippen molar-refractivity contribution in [3.05, 3.63) is 48.5 Å². The van der Waals surface area contributed by atoms with Crippen molar-refractivity contribution in [1.82, 2.24) is 39.9 Å². The molecule has 770 valence electrons. The molecule has 7 aromatic rings. The van der Waals surface area contributed by atoms with Gasteiger partial charge in [0.15, 0.2) is 69.3 Å². The monoisotopic (exact) mass is 1920 g/mol. The van der Waals surface area contributed by atoms with Crippen molar-refractivity contribution >= 4 is 44.1 Å². The zero-order chi connectivity index (χ0) is 96.4. The van der Waals surface area contributed by atoms with Gasteiger partial charge in [-0.25, -0.2) is 29.9 Å². The number of aromatic amines is 2. The summed E-state index contributed by atoms with van der Waals surface area (Å²) in [5.41, 5.74) is 4.41. The summed E-state index contributed by atoms with van der Waals surface area (Å²) >= 11 is 0. The molecular weight excluding hydrogens is 1750 g/mol. The van der Waals surface area contributed by atoms with E-state index >= 15 is 0 Å². The van der Waals surface area contributed by atoms with E-state index in [0.29, 0.717) is 231 Å². The molecule has 0 radical (unpaired) electrons. The maximum Gasteiger partial charge on any atom is 0.251 e. The van der Waals surface area contributed by atoms with E-state index in [1.807, 2.05) is 24.3 Å². The molecule has 0 saturated carbocycles. The highest BCUT2D eigenvalue weighted by atomic mass is 16.7. The van der Waals surface area contributed by atoms with Crippen molar-refractivity contribution < 1.29 is 94.7 Å². The molecule has 0 unspecified atom stereocenters. The fraction of sp³-hybridized carbons (Fsp3) is 0.709. The predicted octanol–water partition coefficient (Wildman–Crippen LogP) is 25.3. The first-order valence-electron chi connectivity index (χ1n) is 53.6. The second kappa shape index (κ2) is 65.4. The van der Waals surface area contributed by atoms with Gasteiger partial charge in [0.05, 0.1) is 132 Å². The van der Waals surface area contributed by atoms with Gasteiger partial charge in [-0.3, -0.25) is 0 Å². The molecule has 7 heterocycles. The molecule has 4 aromatic carbocycles. The Kier molecular flexibility index (Phi) is 52.4. The summed E-state index contributed by atoms with van der Waals surface area (Å²) in [6, 6.07) is 16.0. The lowest BCUT2D eigenvalue weighted by Crippen LogP contribution is -2.38. The van der Waals surface area contributed by atoms with Crippen LogP contribution >= 0.6 is 0 Å². The van der Waals surface area contributed by atoms with Crippen LogP contribution < -0.4 is 37.9 Å². The highest BCUT2D eigenvalue weighted by Gasteiger charge is 2.44. The summed E-state index contributed by atoms with van der Waals surface area (Å²) in [5.74, 6) is 3.95. The van der Waals surface area contributed by atoms with Crippen LogP contribution in [0.3, 0.4) is 0 Å². The van der Waals surface area contributed by atoms with E-state index in [1.54, 1.807) is 28.4 Å². The molecule has 0 saturated heterocycles. The van der Waals surface area contributed by atoms with Gasteiger partial charge in [-0.1, -0.05) is 259 Å². The Morgan fingerprint density at radius 2 is 0.399 bits per heavy atom.